The maximum absolute atomic E-state index is 12.0. The molecule has 2 fully saturated rings. The first kappa shape index (κ1) is 17.5. The molecule has 0 aliphatic carbocycles. The summed E-state index contributed by atoms with van der Waals surface area (Å²) in [5.74, 6) is 0.659. The molecule has 7 heteroatoms. The average molecular weight is 345 g/mol. The van der Waals surface area contributed by atoms with E-state index in [4.69, 9.17) is 19.5 Å². The number of methoxy groups -OCH3 is 1. The van der Waals surface area contributed by atoms with Crippen LogP contribution in [0.25, 0.3) is 0 Å². The Bertz CT molecular complexity index is 658. The Kier molecular flexibility index (Phi) is 5.74. The summed E-state index contributed by atoms with van der Waals surface area (Å²) in [5.41, 5.74) is 0.475. The lowest BCUT2D eigenvalue weighted by atomic mass is 10.2. The zero-order valence-electron chi connectivity index (χ0n) is 14.4. The second kappa shape index (κ2) is 8.19. The molecular formula is C18H23N3O4. The highest BCUT2D eigenvalue weighted by Crippen LogP contribution is 2.27. The van der Waals surface area contributed by atoms with E-state index in [-0.39, 0.29) is 18.6 Å². The van der Waals surface area contributed by atoms with Gasteiger partial charge in [0.2, 0.25) is 0 Å². The molecular weight excluding hydrogens is 322 g/mol. The zero-order chi connectivity index (χ0) is 17.6. The van der Waals surface area contributed by atoms with Gasteiger partial charge in [0.15, 0.2) is 18.1 Å². The molecule has 0 radical (unpaired) electrons. The number of rotatable bonds is 6. The molecule has 2 aliphatic heterocycles. The normalized spacial score (nSPS) is 22.7. The van der Waals surface area contributed by atoms with Gasteiger partial charge in [-0.15, -0.1) is 0 Å². The van der Waals surface area contributed by atoms with Gasteiger partial charge in [0, 0.05) is 25.2 Å². The van der Waals surface area contributed by atoms with Gasteiger partial charge < -0.3 is 19.5 Å². The molecule has 0 spiro atoms. The molecule has 7 nitrogen and oxygen atoms in total. The van der Waals surface area contributed by atoms with E-state index < -0.39 is 0 Å². The lowest BCUT2D eigenvalue weighted by Crippen LogP contribution is -2.50. The minimum absolute atomic E-state index is 0.0303. The van der Waals surface area contributed by atoms with Crippen molar-refractivity contribution in [3.05, 3.63) is 23.8 Å². The predicted molar refractivity (Wildman–Crippen MR) is 90.5 cm³/mol. The van der Waals surface area contributed by atoms with Crippen LogP contribution in [0.15, 0.2) is 18.2 Å². The maximum Gasteiger partial charge on any atom is 0.258 e. The Morgan fingerprint density at radius 3 is 3.16 bits per heavy atom. The number of carbonyl (C=O) groups is 1. The summed E-state index contributed by atoms with van der Waals surface area (Å²) in [6.07, 6.45) is 2.47. The van der Waals surface area contributed by atoms with Gasteiger partial charge in [0.05, 0.1) is 31.5 Å². The van der Waals surface area contributed by atoms with Crippen LogP contribution in [0.5, 0.6) is 11.5 Å². The van der Waals surface area contributed by atoms with Crippen LogP contribution >= 0.6 is 0 Å². The molecule has 1 aromatic rings. The van der Waals surface area contributed by atoms with Crippen molar-refractivity contribution < 1.29 is 19.0 Å². The van der Waals surface area contributed by atoms with Crippen molar-refractivity contribution in [2.45, 2.75) is 25.0 Å². The van der Waals surface area contributed by atoms with Crippen molar-refractivity contribution in [1.82, 2.24) is 10.2 Å². The smallest absolute Gasteiger partial charge is 0.258 e. The fourth-order valence-corrected chi connectivity index (χ4v) is 3.29. The lowest BCUT2D eigenvalue weighted by Gasteiger charge is -2.35. The van der Waals surface area contributed by atoms with Crippen molar-refractivity contribution in [3.63, 3.8) is 0 Å². The predicted octanol–water partition coefficient (Wildman–Crippen LogP) is 0.925. The molecule has 1 N–H and O–H groups in total. The number of hydrogen-bond acceptors (Lipinski definition) is 6. The highest BCUT2D eigenvalue weighted by Gasteiger charge is 2.32. The average Bonchev–Trinajstić information content (AvgIpc) is 3.12. The van der Waals surface area contributed by atoms with E-state index >= 15 is 0 Å². The molecule has 134 valence electrons. The summed E-state index contributed by atoms with van der Waals surface area (Å²) < 4.78 is 16.5. The third-order valence-electron chi connectivity index (χ3n) is 4.64. The Hall–Kier alpha value is -2.30. The van der Waals surface area contributed by atoms with Gasteiger partial charge in [-0.1, -0.05) is 0 Å². The second-order valence-electron chi connectivity index (χ2n) is 6.32. The van der Waals surface area contributed by atoms with Crippen molar-refractivity contribution in [1.29, 1.82) is 5.26 Å². The molecule has 25 heavy (non-hydrogen) atoms. The van der Waals surface area contributed by atoms with Crippen LogP contribution < -0.4 is 14.8 Å². The number of amides is 1. The molecule has 0 bridgehead atoms. The number of benzene rings is 1. The third-order valence-corrected chi connectivity index (χ3v) is 4.64. The first-order chi connectivity index (χ1) is 12.2. The molecule has 0 aromatic heterocycles. The van der Waals surface area contributed by atoms with Crippen LogP contribution in [0.1, 0.15) is 18.4 Å². The minimum Gasteiger partial charge on any atom is -0.493 e. The van der Waals surface area contributed by atoms with Gasteiger partial charge in [-0.2, -0.15) is 5.26 Å². The van der Waals surface area contributed by atoms with Crippen LogP contribution in [-0.2, 0) is 9.53 Å². The number of hydrogen-bond donors (Lipinski definition) is 1. The van der Waals surface area contributed by atoms with Crippen molar-refractivity contribution >= 4 is 5.91 Å². The molecule has 1 aromatic carbocycles. The number of morpholine rings is 1. The van der Waals surface area contributed by atoms with Crippen LogP contribution in [0.4, 0.5) is 0 Å². The summed E-state index contributed by atoms with van der Waals surface area (Å²) in [4.78, 5) is 14.5. The number of nitrogens with one attached hydrogen (secondary N) is 1. The Labute approximate surface area is 147 Å². The van der Waals surface area contributed by atoms with Gasteiger partial charge in [-0.3, -0.25) is 9.69 Å². The van der Waals surface area contributed by atoms with E-state index in [1.165, 1.54) is 20.0 Å². The SMILES string of the molecule is COc1cc(C#N)ccc1OCC(=O)NCC1CN2CCCC2CO1. The first-order valence-electron chi connectivity index (χ1n) is 8.53. The van der Waals surface area contributed by atoms with Gasteiger partial charge in [0.1, 0.15) is 0 Å². The van der Waals surface area contributed by atoms with E-state index in [9.17, 15) is 4.79 Å². The van der Waals surface area contributed by atoms with Crippen molar-refractivity contribution in [3.8, 4) is 17.6 Å². The Balaban J connectivity index is 1.43. The minimum atomic E-state index is -0.210. The molecule has 0 saturated carbocycles. The van der Waals surface area contributed by atoms with Gasteiger partial charge in [-0.25, -0.2) is 0 Å². The monoisotopic (exact) mass is 345 g/mol. The zero-order valence-corrected chi connectivity index (χ0v) is 14.4. The van der Waals surface area contributed by atoms with Crippen LogP contribution in [0.2, 0.25) is 0 Å². The van der Waals surface area contributed by atoms with Crippen LogP contribution in [0, 0.1) is 11.3 Å². The number of nitriles is 1. The molecule has 2 atom stereocenters. The van der Waals surface area contributed by atoms with Crippen LogP contribution in [-0.4, -0.2) is 62.9 Å². The molecule has 2 aliphatic rings. The highest BCUT2D eigenvalue weighted by atomic mass is 16.5. The Morgan fingerprint density at radius 1 is 1.48 bits per heavy atom. The fourth-order valence-electron chi connectivity index (χ4n) is 3.29. The van der Waals surface area contributed by atoms with Crippen molar-refractivity contribution in [2.24, 2.45) is 0 Å². The number of carbonyl (C=O) groups excluding carboxylic acids is 1. The molecule has 3 rings (SSSR count). The molecule has 2 unspecified atom stereocenters. The fraction of sp³-hybridized carbons (Fsp3) is 0.556. The summed E-state index contributed by atoms with van der Waals surface area (Å²) in [6, 6.07) is 7.42. The molecule has 1 amide bonds. The lowest BCUT2D eigenvalue weighted by molar-refractivity contribution is -0.124. The van der Waals surface area contributed by atoms with E-state index in [0.29, 0.717) is 29.6 Å². The summed E-state index contributed by atoms with van der Waals surface area (Å²) >= 11 is 0. The summed E-state index contributed by atoms with van der Waals surface area (Å²) in [7, 11) is 1.50. The topological polar surface area (TPSA) is 83.8 Å². The number of fused-ring (bicyclic) bond motifs is 1. The van der Waals surface area contributed by atoms with E-state index in [1.54, 1.807) is 18.2 Å². The van der Waals surface area contributed by atoms with Crippen LogP contribution in [0.3, 0.4) is 0 Å². The largest absolute Gasteiger partial charge is 0.493 e. The van der Waals surface area contributed by atoms with Crippen molar-refractivity contribution in [2.75, 3.05) is 40.0 Å². The second-order valence-corrected chi connectivity index (χ2v) is 6.32. The summed E-state index contributed by atoms with van der Waals surface area (Å²) in [6.45, 7) is 3.12. The highest BCUT2D eigenvalue weighted by molar-refractivity contribution is 5.77. The van der Waals surface area contributed by atoms with Gasteiger partial charge in [0.25, 0.3) is 5.91 Å². The molecule has 2 heterocycles. The third kappa shape index (κ3) is 4.41. The summed E-state index contributed by atoms with van der Waals surface area (Å²) in [5, 5.41) is 11.7. The van der Waals surface area contributed by atoms with Gasteiger partial charge >= 0.3 is 0 Å². The van der Waals surface area contributed by atoms with E-state index in [2.05, 4.69) is 10.2 Å². The maximum atomic E-state index is 12.0. The Morgan fingerprint density at radius 2 is 2.36 bits per heavy atom. The van der Waals surface area contributed by atoms with Gasteiger partial charge in [-0.05, 0) is 31.5 Å². The van der Waals surface area contributed by atoms with E-state index in [1.807, 2.05) is 6.07 Å². The standard InChI is InChI=1S/C18H23N3O4/c1-23-17-7-13(8-19)4-5-16(17)25-12-18(22)20-9-15-10-21-6-2-3-14(21)11-24-15/h4-5,7,14-15H,2-3,6,9-12H2,1H3,(H,20,22). The first-order valence-corrected chi connectivity index (χ1v) is 8.53. The number of nitrogens with zero attached hydrogens (tertiary/aromatic N) is 2. The number of ether oxygens (including phenoxy) is 3. The quantitative estimate of drug-likeness (QED) is 0.826. The molecule has 2 saturated heterocycles. The van der Waals surface area contributed by atoms with E-state index in [0.717, 1.165) is 19.7 Å².